The van der Waals surface area contributed by atoms with E-state index < -0.39 is 33.5 Å². The van der Waals surface area contributed by atoms with Crippen LogP contribution in [-0.2, 0) is 23.8 Å². The van der Waals surface area contributed by atoms with E-state index in [0.29, 0.717) is 0 Å². The molecule has 0 N–H and O–H groups in total. The van der Waals surface area contributed by atoms with Crippen molar-refractivity contribution in [3.05, 3.63) is 11.3 Å². The molecular weight excluding hydrogens is 253 g/mol. The predicted molar refractivity (Wildman–Crippen MR) is 44.3 cm³/mol. The van der Waals surface area contributed by atoms with Gasteiger partial charge in [-0.3, -0.25) is 0 Å². The molecule has 0 unspecified atom stereocenters. The van der Waals surface area contributed by atoms with E-state index in [1.807, 2.05) is 0 Å². The van der Waals surface area contributed by atoms with Crippen molar-refractivity contribution in [1.29, 1.82) is 0 Å². The standard InChI is InChI=1S/C7H7F3O5S/c1-3-5(4(2)14-6(3)11)15-16(12,13)7(8,9)10/h4H,1-2H3/t4-/m0/s1. The van der Waals surface area contributed by atoms with Gasteiger partial charge in [-0.15, -0.1) is 0 Å². The Morgan fingerprint density at radius 3 is 2.19 bits per heavy atom. The summed E-state index contributed by atoms with van der Waals surface area (Å²) in [5.41, 5.74) is -5.83. The van der Waals surface area contributed by atoms with Crippen LogP contribution in [0, 0.1) is 0 Å². The quantitative estimate of drug-likeness (QED) is 0.422. The number of cyclic esters (lactones) is 1. The topological polar surface area (TPSA) is 69.7 Å². The first kappa shape index (κ1) is 12.8. The van der Waals surface area contributed by atoms with Crippen LogP contribution in [0.15, 0.2) is 11.3 Å². The van der Waals surface area contributed by atoms with E-state index in [0.717, 1.165) is 6.92 Å². The number of hydrogen-bond acceptors (Lipinski definition) is 5. The second kappa shape index (κ2) is 3.65. The number of ether oxygens (including phenoxy) is 1. The third-order valence-electron chi connectivity index (χ3n) is 1.81. The number of carbonyl (C=O) groups excluding carboxylic acids is 1. The molecule has 0 saturated carbocycles. The van der Waals surface area contributed by atoms with E-state index in [-0.39, 0.29) is 5.57 Å². The van der Waals surface area contributed by atoms with Gasteiger partial charge < -0.3 is 8.92 Å². The van der Waals surface area contributed by atoms with Crippen molar-refractivity contribution in [1.82, 2.24) is 0 Å². The van der Waals surface area contributed by atoms with E-state index >= 15 is 0 Å². The first-order chi connectivity index (χ1) is 7.06. The maximum atomic E-state index is 12.0. The normalized spacial score (nSPS) is 22.3. The summed E-state index contributed by atoms with van der Waals surface area (Å²) in [6.45, 7) is 2.32. The van der Waals surface area contributed by atoms with Gasteiger partial charge in [0.2, 0.25) is 0 Å². The van der Waals surface area contributed by atoms with Gasteiger partial charge in [-0.25, -0.2) is 4.79 Å². The van der Waals surface area contributed by atoms with Crippen LogP contribution in [0.1, 0.15) is 13.8 Å². The van der Waals surface area contributed by atoms with E-state index in [9.17, 15) is 26.4 Å². The fourth-order valence-corrected chi connectivity index (χ4v) is 1.60. The van der Waals surface area contributed by atoms with E-state index in [4.69, 9.17) is 0 Å². The lowest BCUT2D eigenvalue weighted by molar-refractivity contribution is -0.139. The molecule has 0 radical (unpaired) electrons. The third-order valence-corrected chi connectivity index (χ3v) is 2.78. The number of hydrogen-bond donors (Lipinski definition) is 0. The average Bonchev–Trinajstić information content (AvgIpc) is 2.30. The lowest BCUT2D eigenvalue weighted by Crippen LogP contribution is -2.27. The summed E-state index contributed by atoms with van der Waals surface area (Å²) in [7, 11) is -5.76. The van der Waals surface area contributed by atoms with Crippen LogP contribution in [0.2, 0.25) is 0 Å². The molecule has 1 atom stereocenters. The Hall–Kier alpha value is -1.25. The van der Waals surface area contributed by atoms with Gasteiger partial charge in [0.05, 0.1) is 5.57 Å². The van der Waals surface area contributed by atoms with Gasteiger partial charge in [0.15, 0.2) is 11.9 Å². The summed E-state index contributed by atoms with van der Waals surface area (Å²) in [6.07, 6.45) is -1.15. The fourth-order valence-electron chi connectivity index (χ4n) is 1.00. The van der Waals surface area contributed by atoms with Crippen molar-refractivity contribution in [2.45, 2.75) is 25.5 Å². The van der Waals surface area contributed by atoms with Crippen molar-refractivity contribution in [2.75, 3.05) is 0 Å². The van der Waals surface area contributed by atoms with Gasteiger partial charge in [-0.1, -0.05) is 0 Å². The fraction of sp³-hybridized carbons (Fsp3) is 0.571. The highest BCUT2D eigenvalue weighted by atomic mass is 32.2. The SMILES string of the molecule is CC1=C(OS(=O)(=O)C(F)(F)F)[C@H](C)OC1=O. The van der Waals surface area contributed by atoms with Gasteiger partial charge in [0.25, 0.3) is 0 Å². The summed E-state index contributed by atoms with van der Waals surface area (Å²) in [5.74, 6) is -1.54. The molecule has 0 aromatic rings. The Balaban J connectivity index is 3.04. The van der Waals surface area contributed by atoms with Crippen LogP contribution >= 0.6 is 0 Å². The molecule has 9 heteroatoms. The summed E-state index contributed by atoms with van der Waals surface area (Å²) < 4.78 is 65.6. The van der Waals surface area contributed by atoms with E-state index in [2.05, 4.69) is 8.92 Å². The minimum absolute atomic E-state index is 0.291. The molecule has 1 rings (SSSR count). The molecule has 0 aliphatic carbocycles. The molecule has 16 heavy (non-hydrogen) atoms. The zero-order valence-electron chi connectivity index (χ0n) is 8.16. The Labute approximate surface area is 89.0 Å². The predicted octanol–water partition coefficient (Wildman–Crippen LogP) is 1.07. The summed E-state index contributed by atoms with van der Waals surface area (Å²) in [5, 5.41) is 0. The monoisotopic (exact) mass is 260 g/mol. The highest BCUT2D eigenvalue weighted by Crippen LogP contribution is 2.31. The number of halogens is 3. The molecule has 1 heterocycles. The van der Waals surface area contributed by atoms with Gasteiger partial charge in [0, 0.05) is 0 Å². The van der Waals surface area contributed by atoms with Gasteiger partial charge in [-0.2, -0.15) is 21.6 Å². The lowest BCUT2D eigenvalue weighted by Gasteiger charge is -2.12. The minimum atomic E-state index is -5.76. The molecule has 0 amide bonds. The number of rotatable bonds is 2. The Morgan fingerprint density at radius 2 is 1.88 bits per heavy atom. The summed E-state index contributed by atoms with van der Waals surface area (Å²) in [4.78, 5) is 10.9. The van der Waals surface area contributed by atoms with Crippen molar-refractivity contribution < 1.29 is 35.3 Å². The van der Waals surface area contributed by atoms with Crippen LogP contribution in [0.3, 0.4) is 0 Å². The summed E-state index contributed by atoms with van der Waals surface area (Å²) in [6, 6.07) is 0. The molecule has 1 aliphatic heterocycles. The third kappa shape index (κ3) is 2.13. The smallest absolute Gasteiger partial charge is 0.451 e. The second-order valence-corrected chi connectivity index (χ2v) is 4.56. The lowest BCUT2D eigenvalue weighted by atomic mass is 10.2. The molecule has 1 aliphatic rings. The van der Waals surface area contributed by atoms with Crippen molar-refractivity contribution in [3.63, 3.8) is 0 Å². The number of carbonyl (C=O) groups is 1. The molecule has 0 spiro atoms. The molecule has 5 nitrogen and oxygen atoms in total. The first-order valence-electron chi connectivity index (χ1n) is 3.99. The molecular formula is C7H7F3O5S. The van der Waals surface area contributed by atoms with E-state index in [1.165, 1.54) is 6.92 Å². The molecule has 0 saturated heterocycles. The number of alkyl halides is 3. The van der Waals surface area contributed by atoms with Gasteiger partial charge in [0.1, 0.15) is 0 Å². The van der Waals surface area contributed by atoms with Crippen molar-refractivity contribution >= 4 is 16.1 Å². The first-order valence-corrected chi connectivity index (χ1v) is 5.39. The Bertz CT molecular complexity index is 447. The number of esters is 1. The van der Waals surface area contributed by atoms with Crippen LogP contribution in [-0.4, -0.2) is 26.0 Å². The Kier molecular flexibility index (Phi) is 2.92. The maximum absolute atomic E-state index is 12.0. The maximum Gasteiger partial charge on any atom is 0.534 e. The van der Waals surface area contributed by atoms with Crippen molar-refractivity contribution in [3.8, 4) is 0 Å². The molecule has 0 bridgehead atoms. The zero-order chi connectivity index (χ0) is 12.7. The van der Waals surface area contributed by atoms with Gasteiger partial charge >= 0.3 is 21.6 Å². The molecule has 0 aromatic heterocycles. The summed E-state index contributed by atoms with van der Waals surface area (Å²) >= 11 is 0. The largest absolute Gasteiger partial charge is 0.534 e. The molecule has 0 aromatic carbocycles. The Morgan fingerprint density at radius 1 is 1.38 bits per heavy atom. The van der Waals surface area contributed by atoms with Crippen LogP contribution in [0.25, 0.3) is 0 Å². The minimum Gasteiger partial charge on any atom is -0.451 e. The van der Waals surface area contributed by atoms with Crippen LogP contribution in [0.4, 0.5) is 13.2 Å². The van der Waals surface area contributed by atoms with Crippen molar-refractivity contribution in [2.24, 2.45) is 0 Å². The highest BCUT2D eigenvalue weighted by molar-refractivity contribution is 7.87. The van der Waals surface area contributed by atoms with E-state index in [1.54, 1.807) is 0 Å². The molecule has 92 valence electrons. The molecule has 0 fully saturated rings. The highest BCUT2D eigenvalue weighted by Gasteiger charge is 2.50. The van der Waals surface area contributed by atoms with Crippen LogP contribution in [0.5, 0.6) is 0 Å². The van der Waals surface area contributed by atoms with Crippen LogP contribution < -0.4 is 0 Å². The second-order valence-electron chi connectivity index (χ2n) is 3.02. The zero-order valence-corrected chi connectivity index (χ0v) is 8.98. The van der Waals surface area contributed by atoms with Gasteiger partial charge in [-0.05, 0) is 13.8 Å². The average molecular weight is 260 g/mol.